The summed E-state index contributed by atoms with van der Waals surface area (Å²) in [5.41, 5.74) is 7.19. The molecule has 0 bridgehead atoms. The predicted octanol–water partition coefficient (Wildman–Crippen LogP) is 2.70. The van der Waals surface area contributed by atoms with Crippen LogP contribution in [-0.4, -0.2) is 48.4 Å². The molecule has 0 aliphatic carbocycles. The minimum absolute atomic E-state index is 0.178. The molecule has 2 aromatic heterocycles. The molecule has 2 N–H and O–H groups in total. The summed E-state index contributed by atoms with van der Waals surface area (Å²) in [5, 5.41) is 6.84. The molecule has 2 aliphatic heterocycles. The van der Waals surface area contributed by atoms with E-state index in [1.54, 1.807) is 4.90 Å². The van der Waals surface area contributed by atoms with Crippen LogP contribution in [0.1, 0.15) is 34.6 Å². The number of carbonyl (C=O) groups excluding carboxylic acids is 3. The maximum absolute atomic E-state index is 13.0. The van der Waals surface area contributed by atoms with Crippen LogP contribution in [0.25, 0.3) is 33.4 Å². The normalized spacial score (nSPS) is 18.0. The Hall–Kier alpha value is -4.27. The average molecular weight is 454 g/mol. The predicted molar refractivity (Wildman–Crippen MR) is 125 cm³/mol. The van der Waals surface area contributed by atoms with Gasteiger partial charge in [-0.3, -0.25) is 24.4 Å². The van der Waals surface area contributed by atoms with Gasteiger partial charge in [0, 0.05) is 36.7 Å². The lowest BCUT2D eigenvalue weighted by Gasteiger charge is -2.29. The highest BCUT2D eigenvalue weighted by Crippen LogP contribution is 2.36. The molecule has 6 rings (SSSR count). The first-order valence-electron chi connectivity index (χ1n) is 11.2. The summed E-state index contributed by atoms with van der Waals surface area (Å²) in [6.45, 7) is 2.27. The Bertz CT molecular complexity index is 1510. The van der Waals surface area contributed by atoms with E-state index in [0.717, 1.165) is 44.8 Å². The maximum atomic E-state index is 13.0. The van der Waals surface area contributed by atoms with Crippen molar-refractivity contribution in [2.24, 2.45) is 7.05 Å². The summed E-state index contributed by atoms with van der Waals surface area (Å²) in [6, 6.07) is 11.2. The molecule has 170 valence electrons. The highest BCUT2D eigenvalue weighted by Gasteiger charge is 2.39. The van der Waals surface area contributed by atoms with Crippen molar-refractivity contribution in [3.63, 3.8) is 0 Å². The van der Waals surface area contributed by atoms with Crippen LogP contribution >= 0.6 is 0 Å². The lowest BCUT2D eigenvalue weighted by Crippen LogP contribution is -2.52. The smallest absolute Gasteiger partial charge is 0.255 e. The van der Waals surface area contributed by atoms with E-state index in [1.807, 2.05) is 55.2 Å². The Morgan fingerprint density at radius 2 is 1.85 bits per heavy atom. The topological polar surface area (TPSA) is 113 Å². The number of hydrogen-bond acceptors (Lipinski definition) is 5. The Labute approximate surface area is 194 Å². The van der Waals surface area contributed by atoms with Gasteiger partial charge >= 0.3 is 0 Å². The molecular formula is C25H22N6O3. The summed E-state index contributed by atoms with van der Waals surface area (Å²) in [7, 11) is 1.91. The molecule has 0 unspecified atom stereocenters. The standard InChI is InChI=1S/C25H22N6O3/c1-13-27-19-6-4-15(10-20(19)28-13)23-18(11-26-30(23)2)14-3-5-17-16(9-14)12-31(25(17)34)21-7-8-22(32)29-24(21)33/h3-6,9-11,21H,7-8,12H2,1-2H3,(H,27,28)(H,29,32,33)/t21-/m0/s1. The molecular weight excluding hydrogens is 432 g/mol. The lowest BCUT2D eigenvalue weighted by atomic mass is 9.98. The van der Waals surface area contributed by atoms with Crippen LogP contribution in [0.15, 0.2) is 42.6 Å². The van der Waals surface area contributed by atoms with E-state index >= 15 is 0 Å². The average Bonchev–Trinajstić information content (AvgIpc) is 3.47. The monoisotopic (exact) mass is 454 g/mol. The second kappa shape index (κ2) is 7.38. The van der Waals surface area contributed by atoms with Gasteiger partial charge in [-0.2, -0.15) is 5.10 Å². The SMILES string of the molecule is Cc1nc2ccc(-c3c(-c4ccc5c(c4)CN([C@H]4CCC(=O)NC4=O)C5=O)cnn3C)cc2[nH]1. The number of aryl methyl sites for hydroxylation is 2. The summed E-state index contributed by atoms with van der Waals surface area (Å²) in [5.74, 6) is -0.0133. The number of nitrogens with one attached hydrogen (secondary N) is 2. The molecule has 4 heterocycles. The molecule has 1 atom stereocenters. The zero-order valence-electron chi connectivity index (χ0n) is 18.8. The van der Waals surface area contributed by atoms with Gasteiger partial charge in [-0.05, 0) is 48.7 Å². The van der Waals surface area contributed by atoms with Crippen LogP contribution in [-0.2, 0) is 23.2 Å². The number of piperidine rings is 1. The number of imidazole rings is 1. The number of imide groups is 1. The number of nitrogens with zero attached hydrogens (tertiary/aromatic N) is 4. The molecule has 1 saturated heterocycles. The summed E-state index contributed by atoms with van der Waals surface area (Å²) in [4.78, 5) is 46.2. The second-order valence-electron chi connectivity index (χ2n) is 8.86. The Morgan fingerprint density at radius 1 is 1.03 bits per heavy atom. The van der Waals surface area contributed by atoms with Crippen LogP contribution < -0.4 is 5.32 Å². The molecule has 2 aromatic carbocycles. The van der Waals surface area contributed by atoms with Gasteiger partial charge in [-0.15, -0.1) is 0 Å². The number of aromatic nitrogens is 4. The number of H-pyrrole nitrogens is 1. The van der Waals surface area contributed by atoms with Crippen LogP contribution in [0.3, 0.4) is 0 Å². The third kappa shape index (κ3) is 3.12. The summed E-state index contributed by atoms with van der Waals surface area (Å²) < 4.78 is 1.84. The van der Waals surface area contributed by atoms with E-state index in [9.17, 15) is 14.4 Å². The molecule has 9 heteroatoms. The zero-order chi connectivity index (χ0) is 23.6. The minimum Gasteiger partial charge on any atom is -0.342 e. The van der Waals surface area contributed by atoms with Gasteiger partial charge in [0.05, 0.1) is 22.9 Å². The molecule has 3 amide bonds. The number of fused-ring (bicyclic) bond motifs is 2. The van der Waals surface area contributed by atoms with E-state index < -0.39 is 11.9 Å². The van der Waals surface area contributed by atoms with Crippen LogP contribution in [0.4, 0.5) is 0 Å². The van der Waals surface area contributed by atoms with Gasteiger partial charge in [0.1, 0.15) is 11.9 Å². The molecule has 1 fully saturated rings. The van der Waals surface area contributed by atoms with Crippen molar-refractivity contribution in [3.8, 4) is 22.4 Å². The molecule has 2 aliphatic rings. The van der Waals surface area contributed by atoms with E-state index in [-0.39, 0.29) is 18.2 Å². The first-order chi connectivity index (χ1) is 16.4. The molecule has 4 aromatic rings. The highest BCUT2D eigenvalue weighted by molar-refractivity contribution is 6.05. The van der Waals surface area contributed by atoms with Crippen molar-refractivity contribution in [3.05, 3.63) is 59.5 Å². The van der Waals surface area contributed by atoms with Crippen molar-refractivity contribution >= 4 is 28.8 Å². The lowest BCUT2D eigenvalue weighted by molar-refractivity contribution is -0.136. The number of hydrogen-bond donors (Lipinski definition) is 2. The fourth-order valence-electron chi connectivity index (χ4n) is 5.02. The van der Waals surface area contributed by atoms with Crippen LogP contribution in [0.2, 0.25) is 0 Å². The number of amides is 3. The number of aromatic amines is 1. The largest absolute Gasteiger partial charge is 0.342 e. The molecule has 0 saturated carbocycles. The number of benzene rings is 2. The molecule has 0 spiro atoms. The second-order valence-corrected chi connectivity index (χ2v) is 8.86. The third-order valence-electron chi connectivity index (χ3n) is 6.65. The van der Waals surface area contributed by atoms with Crippen LogP contribution in [0, 0.1) is 6.92 Å². The van der Waals surface area contributed by atoms with Gasteiger partial charge in [0.15, 0.2) is 0 Å². The van der Waals surface area contributed by atoms with E-state index in [2.05, 4.69) is 26.4 Å². The van der Waals surface area contributed by atoms with Crippen molar-refractivity contribution in [1.82, 2.24) is 30.0 Å². The maximum Gasteiger partial charge on any atom is 0.255 e. The highest BCUT2D eigenvalue weighted by atomic mass is 16.2. The summed E-state index contributed by atoms with van der Waals surface area (Å²) >= 11 is 0. The minimum atomic E-state index is -0.625. The molecule has 0 radical (unpaired) electrons. The first kappa shape index (κ1) is 20.3. The van der Waals surface area contributed by atoms with Gasteiger partial charge in [0.2, 0.25) is 11.8 Å². The Balaban J connectivity index is 1.36. The fraction of sp³-hybridized carbons (Fsp3) is 0.240. The van der Waals surface area contributed by atoms with Crippen molar-refractivity contribution < 1.29 is 14.4 Å². The molecule has 9 nitrogen and oxygen atoms in total. The molecule has 34 heavy (non-hydrogen) atoms. The number of carbonyl (C=O) groups is 3. The zero-order valence-corrected chi connectivity index (χ0v) is 18.8. The van der Waals surface area contributed by atoms with E-state index in [4.69, 9.17) is 0 Å². The third-order valence-corrected chi connectivity index (χ3v) is 6.65. The first-order valence-corrected chi connectivity index (χ1v) is 11.2. The van der Waals surface area contributed by atoms with Crippen molar-refractivity contribution in [2.45, 2.75) is 32.4 Å². The fourth-order valence-corrected chi connectivity index (χ4v) is 5.02. The Kier molecular flexibility index (Phi) is 4.41. The van der Waals surface area contributed by atoms with Gasteiger partial charge in [-0.1, -0.05) is 12.1 Å². The van der Waals surface area contributed by atoms with Gasteiger partial charge in [0.25, 0.3) is 5.91 Å². The van der Waals surface area contributed by atoms with Crippen molar-refractivity contribution in [2.75, 3.05) is 0 Å². The quantitative estimate of drug-likeness (QED) is 0.462. The van der Waals surface area contributed by atoms with E-state index in [1.165, 1.54) is 0 Å². The van der Waals surface area contributed by atoms with Crippen molar-refractivity contribution in [1.29, 1.82) is 0 Å². The van der Waals surface area contributed by atoms with Crippen LogP contribution in [0.5, 0.6) is 0 Å². The number of rotatable bonds is 3. The Morgan fingerprint density at radius 3 is 2.68 bits per heavy atom. The summed E-state index contributed by atoms with van der Waals surface area (Å²) in [6.07, 6.45) is 2.41. The van der Waals surface area contributed by atoms with Gasteiger partial charge in [-0.25, -0.2) is 4.98 Å². The van der Waals surface area contributed by atoms with Gasteiger partial charge < -0.3 is 9.88 Å². The van der Waals surface area contributed by atoms with E-state index in [0.29, 0.717) is 18.5 Å².